The van der Waals surface area contributed by atoms with Crippen LogP contribution in [-0.4, -0.2) is 20.2 Å². The van der Waals surface area contributed by atoms with Crippen molar-refractivity contribution in [3.05, 3.63) is 27.3 Å². The van der Waals surface area contributed by atoms with Crippen molar-refractivity contribution in [1.29, 1.82) is 0 Å². The fraction of sp³-hybridized carbons (Fsp3) is 0.538. The molecule has 2 rings (SSSR count). The number of rotatable bonds is 2. The third-order valence-electron chi connectivity index (χ3n) is 3.60. The van der Waals surface area contributed by atoms with Gasteiger partial charge in [0.05, 0.1) is 7.11 Å². The van der Waals surface area contributed by atoms with Crippen molar-refractivity contribution in [3.63, 3.8) is 0 Å². The SMILES string of the molecule is COc1c(C)c(C)c(Cl)c(C)c1C1CNC1. The van der Waals surface area contributed by atoms with Crippen LogP contribution < -0.4 is 10.1 Å². The molecule has 0 amide bonds. The quantitative estimate of drug-likeness (QED) is 0.857. The van der Waals surface area contributed by atoms with E-state index in [9.17, 15) is 0 Å². The van der Waals surface area contributed by atoms with E-state index in [1.54, 1.807) is 7.11 Å². The zero-order chi connectivity index (χ0) is 11.9. The van der Waals surface area contributed by atoms with Crippen LogP contribution in [0.2, 0.25) is 5.02 Å². The molecular weight excluding hydrogens is 222 g/mol. The van der Waals surface area contributed by atoms with Crippen molar-refractivity contribution in [2.45, 2.75) is 26.7 Å². The third kappa shape index (κ3) is 1.61. The highest BCUT2D eigenvalue weighted by molar-refractivity contribution is 6.32. The molecule has 0 bridgehead atoms. The molecule has 2 nitrogen and oxygen atoms in total. The molecular formula is C13H18ClNO. The molecule has 0 saturated carbocycles. The second-order valence-electron chi connectivity index (χ2n) is 4.49. The maximum absolute atomic E-state index is 6.37. The molecule has 0 aromatic heterocycles. The van der Waals surface area contributed by atoms with Gasteiger partial charge in [0.15, 0.2) is 0 Å². The summed E-state index contributed by atoms with van der Waals surface area (Å²) in [6.45, 7) is 8.27. The van der Waals surface area contributed by atoms with Gasteiger partial charge < -0.3 is 10.1 Å². The Morgan fingerprint density at radius 2 is 1.75 bits per heavy atom. The highest BCUT2D eigenvalue weighted by atomic mass is 35.5. The van der Waals surface area contributed by atoms with Gasteiger partial charge in [-0.05, 0) is 37.5 Å². The number of methoxy groups -OCH3 is 1. The zero-order valence-corrected chi connectivity index (χ0v) is 11.0. The van der Waals surface area contributed by atoms with E-state index in [0.717, 1.165) is 29.4 Å². The molecule has 1 heterocycles. The van der Waals surface area contributed by atoms with Crippen molar-refractivity contribution in [3.8, 4) is 5.75 Å². The largest absolute Gasteiger partial charge is 0.496 e. The molecule has 16 heavy (non-hydrogen) atoms. The maximum Gasteiger partial charge on any atom is 0.125 e. The first-order valence-electron chi connectivity index (χ1n) is 5.61. The standard InChI is InChI=1S/C13H18ClNO/c1-7-8(2)13(16-4)11(9(3)12(7)14)10-5-15-6-10/h10,15H,5-6H2,1-4H3. The molecule has 0 radical (unpaired) electrons. The van der Waals surface area contributed by atoms with Crippen LogP contribution in [0.25, 0.3) is 0 Å². The molecule has 0 aliphatic carbocycles. The molecule has 1 aromatic rings. The molecule has 1 aliphatic heterocycles. The Bertz CT molecular complexity index is 425. The molecule has 1 fully saturated rings. The van der Waals surface area contributed by atoms with E-state index in [0.29, 0.717) is 5.92 Å². The summed E-state index contributed by atoms with van der Waals surface area (Å²) in [5.41, 5.74) is 4.76. The minimum absolute atomic E-state index is 0.548. The van der Waals surface area contributed by atoms with E-state index in [1.165, 1.54) is 16.7 Å². The average Bonchev–Trinajstić information content (AvgIpc) is 2.21. The normalized spacial score (nSPS) is 16.1. The minimum atomic E-state index is 0.548. The highest BCUT2D eigenvalue weighted by Crippen LogP contribution is 2.40. The highest BCUT2D eigenvalue weighted by Gasteiger charge is 2.27. The van der Waals surface area contributed by atoms with Crippen molar-refractivity contribution in [1.82, 2.24) is 5.32 Å². The second kappa shape index (κ2) is 4.27. The summed E-state index contributed by atoms with van der Waals surface area (Å²) in [7, 11) is 1.74. The van der Waals surface area contributed by atoms with E-state index < -0.39 is 0 Å². The van der Waals surface area contributed by atoms with Crippen molar-refractivity contribution in [2.75, 3.05) is 20.2 Å². The average molecular weight is 240 g/mol. The van der Waals surface area contributed by atoms with Crippen LogP contribution in [0.5, 0.6) is 5.75 Å². The molecule has 0 unspecified atom stereocenters. The van der Waals surface area contributed by atoms with Crippen LogP contribution in [0.1, 0.15) is 28.2 Å². The summed E-state index contributed by atoms with van der Waals surface area (Å²) in [4.78, 5) is 0. The number of hydrogen-bond donors (Lipinski definition) is 1. The lowest BCUT2D eigenvalue weighted by Gasteiger charge is -2.32. The molecule has 88 valence electrons. The van der Waals surface area contributed by atoms with Crippen LogP contribution in [0.15, 0.2) is 0 Å². The minimum Gasteiger partial charge on any atom is -0.496 e. The van der Waals surface area contributed by atoms with E-state index >= 15 is 0 Å². The summed E-state index contributed by atoms with van der Waals surface area (Å²) < 4.78 is 5.56. The summed E-state index contributed by atoms with van der Waals surface area (Å²) in [5.74, 6) is 1.57. The van der Waals surface area contributed by atoms with Gasteiger partial charge in [0, 0.05) is 29.6 Å². The lowest BCUT2D eigenvalue weighted by atomic mass is 9.86. The maximum atomic E-state index is 6.37. The van der Waals surface area contributed by atoms with Crippen LogP contribution in [0, 0.1) is 20.8 Å². The molecule has 1 aliphatic rings. The van der Waals surface area contributed by atoms with Crippen LogP contribution >= 0.6 is 11.6 Å². The Balaban J connectivity index is 2.64. The summed E-state index contributed by atoms with van der Waals surface area (Å²) >= 11 is 6.37. The molecule has 0 spiro atoms. The van der Waals surface area contributed by atoms with Gasteiger partial charge in [-0.2, -0.15) is 0 Å². The Hall–Kier alpha value is -0.730. The molecule has 1 aromatic carbocycles. The predicted octanol–water partition coefficient (Wildman–Crippen LogP) is 2.96. The van der Waals surface area contributed by atoms with Crippen molar-refractivity contribution >= 4 is 11.6 Å². The van der Waals surface area contributed by atoms with Gasteiger partial charge in [0.2, 0.25) is 0 Å². The Kier molecular flexibility index (Phi) is 3.13. The van der Waals surface area contributed by atoms with Gasteiger partial charge in [-0.3, -0.25) is 0 Å². The van der Waals surface area contributed by atoms with E-state index in [4.69, 9.17) is 16.3 Å². The van der Waals surface area contributed by atoms with Crippen LogP contribution in [0.3, 0.4) is 0 Å². The van der Waals surface area contributed by atoms with E-state index in [1.807, 2.05) is 0 Å². The smallest absolute Gasteiger partial charge is 0.125 e. The van der Waals surface area contributed by atoms with Gasteiger partial charge >= 0.3 is 0 Å². The summed E-state index contributed by atoms with van der Waals surface area (Å²) in [6.07, 6.45) is 0. The number of hydrogen-bond acceptors (Lipinski definition) is 2. The molecule has 1 saturated heterocycles. The Morgan fingerprint density at radius 3 is 2.19 bits per heavy atom. The van der Waals surface area contributed by atoms with E-state index in [2.05, 4.69) is 26.1 Å². The number of ether oxygens (including phenoxy) is 1. The van der Waals surface area contributed by atoms with Gasteiger partial charge in [-0.15, -0.1) is 0 Å². The van der Waals surface area contributed by atoms with Gasteiger partial charge in [0.1, 0.15) is 5.75 Å². The zero-order valence-electron chi connectivity index (χ0n) is 10.3. The molecule has 1 N–H and O–H groups in total. The van der Waals surface area contributed by atoms with Gasteiger partial charge in [-0.1, -0.05) is 11.6 Å². The lowest BCUT2D eigenvalue weighted by Crippen LogP contribution is -2.40. The van der Waals surface area contributed by atoms with Gasteiger partial charge in [0.25, 0.3) is 0 Å². The first-order valence-corrected chi connectivity index (χ1v) is 5.99. The predicted molar refractivity (Wildman–Crippen MR) is 67.8 cm³/mol. The van der Waals surface area contributed by atoms with Crippen LogP contribution in [-0.2, 0) is 0 Å². The second-order valence-corrected chi connectivity index (χ2v) is 4.87. The summed E-state index contributed by atoms with van der Waals surface area (Å²) in [6, 6.07) is 0. The first-order chi connectivity index (χ1) is 7.57. The monoisotopic (exact) mass is 239 g/mol. The fourth-order valence-corrected chi connectivity index (χ4v) is 2.60. The molecule has 0 atom stereocenters. The van der Waals surface area contributed by atoms with Crippen molar-refractivity contribution in [2.24, 2.45) is 0 Å². The number of benzene rings is 1. The lowest BCUT2D eigenvalue weighted by molar-refractivity contribution is 0.381. The third-order valence-corrected chi connectivity index (χ3v) is 4.17. The Morgan fingerprint density at radius 1 is 1.12 bits per heavy atom. The first kappa shape index (κ1) is 11.7. The van der Waals surface area contributed by atoms with E-state index in [-0.39, 0.29) is 0 Å². The number of halogens is 1. The topological polar surface area (TPSA) is 21.3 Å². The fourth-order valence-electron chi connectivity index (χ4n) is 2.35. The number of nitrogens with one attached hydrogen (secondary N) is 1. The van der Waals surface area contributed by atoms with Crippen LogP contribution in [0.4, 0.5) is 0 Å². The summed E-state index contributed by atoms with van der Waals surface area (Å²) in [5, 5.41) is 4.18. The Labute approximate surface area is 102 Å². The van der Waals surface area contributed by atoms with Gasteiger partial charge in [-0.25, -0.2) is 0 Å². The van der Waals surface area contributed by atoms with Crippen molar-refractivity contribution < 1.29 is 4.74 Å². The molecule has 3 heteroatoms.